The van der Waals surface area contributed by atoms with Gasteiger partial charge in [-0.3, -0.25) is 4.99 Å². The molecule has 1 saturated carbocycles. The molecule has 0 aromatic carbocycles. The molecule has 4 heteroatoms. The third-order valence-corrected chi connectivity index (χ3v) is 7.70. The molecule has 5 aliphatic rings. The molecule has 4 unspecified atom stereocenters. The fourth-order valence-corrected chi connectivity index (χ4v) is 5.63. The molecule has 156 valence electrons. The molecule has 2 heterocycles. The number of fused-ring (bicyclic) bond motifs is 1. The van der Waals surface area contributed by atoms with Gasteiger partial charge in [0.15, 0.2) is 0 Å². The van der Waals surface area contributed by atoms with E-state index in [2.05, 4.69) is 41.7 Å². The standard InChI is InChI=1S/C25H35N3O/c1-16-2-4-18(5-3-16)24(26)25(20-6-7-22-19(14-20)8-11-27-22)28-23-15-21(23)17-9-12-29-13-10-17/h2,6-7,11,17-19,21,23,28H,3-5,8-10,12-15,26H2,1H3/b25-24-. The third-order valence-electron chi connectivity index (χ3n) is 7.70. The number of hydrogen-bond donors (Lipinski definition) is 2. The van der Waals surface area contributed by atoms with Gasteiger partial charge in [0.2, 0.25) is 0 Å². The van der Waals surface area contributed by atoms with Gasteiger partial charge in [0.1, 0.15) is 0 Å². The molecule has 3 N–H and O–H groups in total. The number of hydrogen-bond acceptors (Lipinski definition) is 4. The summed E-state index contributed by atoms with van der Waals surface area (Å²) in [6.07, 6.45) is 18.2. The molecule has 1 saturated heterocycles. The van der Waals surface area contributed by atoms with Crippen molar-refractivity contribution >= 4 is 6.21 Å². The van der Waals surface area contributed by atoms with E-state index >= 15 is 0 Å². The van der Waals surface area contributed by atoms with E-state index in [1.807, 2.05) is 0 Å². The number of allylic oxidation sites excluding steroid dienone is 7. The quantitative estimate of drug-likeness (QED) is 0.671. The van der Waals surface area contributed by atoms with E-state index in [9.17, 15) is 0 Å². The molecule has 2 fully saturated rings. The molecule has 4 nitrogen and oxygen atoms in total. The fourth-order valence-electron chi connectivity index (χ4n) is 5.63. The minimum atomic E-state index is 0.465. The summed E-state index contributed by atoms with van der Waals surface area (Å²) in [5, 5.41) is 3.95. The second-order valence-electron chi connectivity index (χ2n) is 9.68. The lowest BCUT2D eigenvalue weighted by Crippen LogP contribution is -2.30. The highest BCUT2D eigenvalue weighted by Gasteiger charge is 2.44. The predicted molar refractivity (Wildman–Crippen MR) is 118 cm³/mol. The van der Waals surface area contributed by atoms with Gasteiger partial charge in [0.05, 0.1) is 5.70 Å². The lowest BCUT2D eigenvalue weighted by Gasteiger charge is -2.28. The highest BCUT2D eigenvalue weighted by Crippen LogP contribution is 2.44. The molecule has 0 radical (unpaired) electrons. The average Bonchev–Trinajstić information content (AvgIpc) is 3.38. The molecule has 0 spiro atoms. The number of nitrogens with one attached hydrogen (secondary N) is 1. The molecule has 4 atom stereocenters. The van der Waals surface area contributed by atoms with Crippen LogP contribution >= 0.6 is 0 Å². The summed E-state index contributed by atoms with van der Waals surface area (Å²) in [6, 6.07) is 0.582. The minimum absolute atomic E-state index is 0.465. The topological polar surface area (TPSA) is 59.6 Å². The van der Waals surface area contributed by atoms with E-state index in [1.165, 1.54) is 54.6 Å². The minimum Gasteiger partial charge on any atom is -0.400 e. The zero-order chi connectivity index (χ0) is 19.8. The Hall–Kier alpha value is -1.81. The van der Waals surface area contributed by atoms with Crippen LogP contribution in [0.2, 0.25) is 0 Å². The van der Waals surface area contributed by atoms with Crippen LogP contribution in [0.1, 0.15) is 58.3 Å². The van der Waals surface area contributed by atoms with Crippen LogP contribution in [-0.4, -0.2) is 25.5 Å². The molecule has 0 bridgehead atoms. The van der Waals surface area contributed by atoms with E-state index < -0.39 is 0 Å². The maximum Gasteiger partial charge on any atom is 0.0569 e. The van der Waals surface area contributed by atoms with Crippen molar-refractivity contribution in [2.24, 2.45) is 34.4 Å². The smallest absolute Gasteiger partial charge is 0.0569 e. The average molecular weight is 394 g/mol. The van der Waals surface area contributed by atoms with Gasteiger partial charge in [0, 0.05) is 48.7 Å². The maximum atomic E-state index is 6.88. The van der Waals surface area contributed by atoms with E-state index in [0.717, 1.165) is 50.0 Å². The zero-order valence-corrected chi connectivity index (χ0v) is 17.7. The van der Waals surface area contributed by atoms with E-state index in [0.29, 0.717) is 17.9 Å². The second-order valence-corrected chi connectivity index (χ2v) is 9.68. The molecule has 0 aromatic heterocycles. The number of aliphatic imine (C=N–C) groups is 1. The van der Waals surface area contributed by atoms with Crippen LogP contribution in [0.15, 0.2) is 51.5 Å². The van der Waals surface area contributed by atoms with Gasteiger partial charge in [0.25, 0.3) is 0 Å². The summed E-state index contributed by atoms with van der Waals surface area (Å²) in [6.45, 7) is 4.12. The van der Waals surface area contributed by atoms with Crippen LogP contribution in [0, 0.1) is 23.7 Å². The maximum absolute atomic E-state index is 6.88. The number of nitrogens with two attached hydrogens (primary N) is 1. The first-order valence-electron chi connectivity index (χ1n) is 11.6. The van der Waals surface area contributed by atoms with Crippen molar-refractivity contribution in [3.63, 3.8) is 0 Å². The second kappa shape index (κ2) is 8.14. The zero-order valence-electron chi connectivity index (χ0n) is 17.7. The lowest BCUT2D eigenvalue weighted by molar-refractivity contribution is 0.0590. The number of rotatable bonds is 5. The summed E-state index contributed by atoms with van der Waals surface area (Å²) >= 11 is 0. The molecule has 29 heavy (non-hydrogen) atoms. The first-order valence-corrected chi connectivity index (χ1v) is 11.6. The number of nitrogens with zero attached hydrogens (tertiary/aromatic N) is 1. The van der Waals surface area contributed by atoms with Gasteiger partial charge in [-0.2, -0.15) is 0 Å². The van der Waals surface area contributed by atoms with Crippen LogP contribution in [0.3, 0.4) is 0 Å². The summed E-state index contributed by atoms with van der Waals surface area (Å²) in [4.78, 5) is 4.55. The Morgan fingerprint density at radius 3 is 2.83 bits per heavy atom. The van der Waals surface area contributed by atoms with E-state index in [4.69, 9.17) is 10.5 Å². The van der Waals surface area contributed by atoms with Gasteiger partial charge < -0.3 is 15.8 Å². The van der Waals surface area contributed by atoms with Crippen molar-refractivity contribution in [3.8, 4) is 0 Å². The Kier molecular flexibility index (Phi) is 5.38. The Morgan fingerprint density at radius 2 is 2.03 bits per heavy atom. The summed E-state index contributed by atoms with van der Waals surface area (Å²) < 4.78 is 5.57. The van der Waals surface area contributed by atoms with Crippen LogP contribution < -0.4 is 11.1 Å². The van der Waals surface area contributed by atoms with Crippen LogP contribution in [0.25, 0.3) is 0 Å². The van der Waals surface area contributed by atoms with Crippen molar-refractivity contribution in [2.75, 3.05) is 13.2 Å². The largest absolute Gasteiger partial charge is 0.400 e. The van der Waals surface area contributed by atoms with Gasteiger partial charge in [-0.05, 0) is 81.8 Å². The highest BCUT2D eigenvalue weighted by atomic mass is 16.5. The van der Waals surface area contributed by atoms with E-state index in [-0.39, 0.29) is 0 Å². The monoisotopic (exact) mass is 393 g/mol. The number of ether oxygens (including phenoxy) is 1. The Labute approximate surface area is 175 Å². The molecule has 2 aliphatic heterocycles. The van der Waals surface area contributed by atoms with Gasteiger partial charge in [-0.1, -0.05) is 17.7 Å². The van der Waals surface area contributed by atoms with E-state index in [1.54, 1.807) is 0 Å². The Bertz CT molecular complexity index is 797. The molecule has 5 rings (SSSR count). The molecule has 0 amide bonds. The van der Waals surface area contributed by atoms with Crippen LogP contribution in [-0.2, 0) is 4.74 Å². The lowest BCUT2D eigenvalue weighted by atomic mass is 9.83. The molecular weight excluding hydrogens is 358 g/mol. The van der Waals surface area contributed by atoms with Crippen molar-refractivity contribution in [3.05, 3.63) is 46.5 Å². The molecule has 3 aliphatic carbocycles. The predicted octanol–water partition coefficient (Wildman–Crippen LogP) is 4.61. The first kappa shape index (κ1) is 19.2. The van der Waals surface area contributed by atoms with Crippen molar-refractivity contribution in [1.82, 2.24) is 5.32 Å². The summed E-state index contributed by atoms with van der Waals surface area (Å²) in [7, 11) is 0. The van der Waals surface area contributed by atoms with Crippen LogP contribution in [0.4, 0.5) is 0 Å². The Morgan fingerprint density at radius 1 is 1.17 bits per heavy atom. The Balaban J connectivity index is 1.36. The van der Waals surface area contributed by atoms with Gasteiger partial charge in [-0.25, -0.2) is 0 Å². The van der Waals surface area contributed by atoms with Crippen molar-refractivity contribution in [1.29, 1.82) is 0 Å². The summed E-state index contributed by atoms with van der Waals surface area (Å²) in [5.41, 5.74) is 13.4. The summed E-state index contributed by atoms with van der Waals surface area (Å²) in [5.74, 6) is 2.62. The SMILES string of the molecule is CC1=CCC(/C(N)=C(/NC2CC2C2CCOCC2)C2=CC=C3N=CCC3C2)CC1. The van der Waals surface area contributed by atoms with Gasteiger partial charge >= 0.3 is 0 Å². The van der Waals surface area contributed by atoms with Gasteiger partial charge in [-0.15, -0.1) is 0 Å². The third kappa shape index (κ3) is 4.09. The molecule has 0 aromatic rings. The first-order chi connectivity index (χ1) is 14.2. The van der Waals surface area contributed by atoms with Crippen molar-refractivity contribution < 1.29 is 4.74 Å². The van der Waals surface area contributed by atoms with Crippen LogP contribution in [0.5, 0.6) is 0 Å². The highest BCUT2D eigenvalue weighted by molar-refractivity contribution is 5.65. The fraction of sp³-hybridized carbons (Fsp3) is 0.640. The normalized spacial score (nSPS) is 35.3. The van der Waals surface area contributed by atoms with Crippen molar-refractivity contribution in [2.45, 2.75) is 64.3 Å². The molecular formula is C25H35N3O.